The molecular formula is C13H26O5S4. The van der Waals surface area contributed by atoms with E-state index in [4.69, 9.17) is 14.6 Å². The molecule has 0 aliphatic carbocycles. The second kappa shape index (κ2) is 21.5. The van der Waals surface area contributed by atoms with Crippen molar-refractivity contribution in [3.05, 3.63) is 0 Å². The highest BCUT2D eigenvalue weighted by atomic mass is 33.1. The van der Waals surface area contributed by atoms with Gasteiger partial charge in [0.25, 0.3) is 0 Å². The Morgan fingerprint density at radius 1 is 0.864 bits per heavy atom. The Kier molecular flexibility index (Phi) is 24.1. The summed E-state index contributed by atoms with van der Waals surface area (Å²) in [6, 6.07) is 0. The van der Waals surface area contributed by atoms with Gasteiger partial charge in [0.2, 0.25) is 0 Å². The second-order valence-electron chi connectivity index (χ2n) is 3.80. The van der Waals surface area contributed by atoms with Crippen molar-refractivity contribution in [1.82, 2.24) is 0 Å². The SMILES string of the molecule is CSSCCOCCC(=O)O.CSSCCOCCC(C)=O. The molecule has 0 aliphatic heterocycles. The molecule has 0 aromatic heterocycles. The maximum Gasteiger partial charge on any atom is 0.305 e. The predicted molar refractivity (Wildman–Crippen MR) is 101 cm³/mol. The Labute approximate surface area is 149 Å². The van der Waals surface area contributed by atoms with Gasteiger partial charge in [-0.15, -0.1) is 0 Å². The number of carbonyl (C=O) groups is 2. The van der Waals surface area contributed by atoms with E-state index in [1.165, 1.54) is 0 Å². The summed E-state index contributed by atoms with van der Waals surface area (Å²) in [5.41, 5.74) is 0. The molecule has 0 unspecified atom stereocenters. The minimum atomic E-state index is -0.803. The summed E-state index contributed by atoms with van der Waals surface area (Å²) in [6.07, 6.45) is 4.69. The lowest BCUT2D eigenvalue weighted by Gasteiger charge is -2.00. The molecule has 0 rings (SSSR count). The van der Waals surface area contributed by atoms with Crippen molar-refractivity contribution in [2.24, 2.45) is 0 Å². The molecular weight excluding hydrogens is 364 g/mol. The number of carboxylic acid groups (broad SMARTS) is 1. The highest BCUT2D eigenvalue weighted by Crippen LogP contribution is 2.15. The molecule has 0 aromatic rings. The van der Waals surface area contributed by atoms with E-state index in [0.29, 0.717) is 26.2 Å². The summed E-state index contributed by atoms with van der Waals surface area (Å²) in [5, 5.41) is 8.23. The van der Waals surface area contributed by atoms with Gasteiger partial charge in [-0.3, -0.25) is 9.59 Å². The molecule has 0 heterocycles. The van der Waals surface area contributed by atoms with Gasteiger partial charge in [0.1, 0.15) is 5.78 Å². The second-order valence-corrected chi connectivity index (χ2v) is 9.17. The fourth-order valence-electron chi connectivity index (χ4n) is 0.932. The van der Waals surface area contributed by atoms with Gasteiger partial charge in [-0.2, -0.15) is 0 Å². The highest BCUT2D eigenvalue weighted by Gasteiger charge is 1.95. The maximum absolute atomic E-state index is 10.4. The van der Waals surface area contributed by atoms with Gasteiger partial charge in [-0.25, -0.2) is 0 Å². The molecule has 0 radical (unpaired) electrons. The first-order valence-electron chi connectivity index (χ1n) is 6.72. The average molecular weight is 391 g/mol. The topological polar surface area (TPSA) is 72.8 Å². The summed E-state index contributed by atoms with van der Waals surface area (Å²) in [5.74, 6) is 1.31. The highest BCUT2D eigenvalue weighted by molar-refractivity contribution is 8.76. The molecule has 132 valence electrons. The van der Waals surface area contributed by atoms with Crippen molar-refractivity contribution in [3.63, 3.8) is 0 Å². The van der Waals surface area contributed by atoms with Crippen LogP contribution in [-0.2, 0) is 19.1 Å². The minimum Gasteiger partial charge on any atom is -0.481 e. The molecule has 1 N–H and O–H groups in total. The van der Waals surface area contributed by atoms with Crippen molar-refractivity contribution < 1.29 is 24.2 Å². The first-order chi connectivity index (χ1) is 10.5. The number of ether oxygens (including phenoxy) is 2. The number of ketones is 1. The van der Waals surface area contributed by atoms with Crippen LogP contribution in [0.5, 0.6) is 0 Å². The van der Waals surface area contributed by atoms with Gasteiger partial charge >= 0.3 is 5.97 Å². The van der Waals surface area contributed by atoms with Gasteiger partial charge in [0, 0.05) is 17.9 Å². The third kappa shape index (κ3) is 28.6. The van der Waals surface area contributed by atoms with Crippen molar-refractivity contribution in [1.29, 1.82) is 0 Å². The predicted octanol–water partition coefficient (Wildman–Crippen LogP) is 3.48. The number of carboxylic acids is 1. The summed E-state index contributed by atoms with van der Waals surface area (Å²) < 4.78 is 10.2. The third-order valence-electron chi connectivity index (χ3n) is 1.92. The van der Waals surface area contributed by atoms with Crippen LogP contribution < -0.4 is 0 Å². The molecule has 0 bridgehead atoms. The van der Waals surface area contributed by atoms with Crippen LogP contribution in [0.4, 0.5) is 0 Å². The van der Waals surface area contributed by atoms with Crippen LogP contribution in [0.3, 0.4) is 0 Å². The number of hydrogen-bond acceptors (Lipinski definition) is 8. The lowest BCUT2D eigenvalue weighted by molar-refractivity contribution is -0.138. The Balaban J connectivity index is 0. The van der Waals surface area contributed by atoms with Crippen molar-refractivity contribution >= 4 is 54.9 Å². The first kappa shape index (κ1) is 24.7. The molecule has 0 aromatic carbocycles. The van der Waals surface area contributed by atoms with Gasteiger partial charge in [0.15, 0.2) is 0 Å². The fourth-order valence-corrected chi connectivity index (χ4v) is 3.05. The van der Waals surface area contributed by atoms with E-state index in [0.717, 1.165) is 18.1 Å². The quantitative estimate of drug-likeness (QED) is 0.354. The molecule has 0 saturated carbocycles. The monoisotopic (exact) mass is 390 g/mol. The molecule has 22 heavy (non-hydrogen) atoms. The first-order valence-corrected chi connectivity index (χ1v) is 12.2. The Hall–Kier alpha value is 0.460. The summed E-state index contributed by atoms with van der Waals surface area (Å²) in [6.45, 7) is 3.87. The molecule has 0 aliphatic rings. The molecule has 0 saturated heterocycles. The van der Waals surface area contributed by atoms with E-state index >= 15 is 0 Å². The summed E-state index contributed by atoms with van der Waals surface area (Å²) >= 11 is 0. The van der Waals surface area contributed by atoms with Gasteiger partial charge in [-0.1, -0.05) is 43.2 Å². The van der Waals surface area contributed by atoms with E-state index in [1.54, 1.807) is 50.1 Å². The van der Waals surface area contributed by atoms with Crippen LogP contribution >= 0.6 is 43.2 Å². The molecule has 0 spiro atoms. The van der Waals surface area contributed by atoms with Crippen LogP contribution in [0.15, 0.2) is 0 Å². The van der Waals surface area contributed by atoms with Gasteiger partial charge in [-0.05, 0) is 19.4 Å². The largest absolute Gasteiger partial charge is 0.481 e. The van der Waals surface area contributed by atoms with Crippen LogP contribution in [0.25, 0.3) is 0 Å². The van der Waals surface area contributed by atoms with Gasteiger partial charge < -0.3 is 14.6 Å². The van der Waals surface area contributed by atoms with E-state index in [2.05, 4.69) is 0 Å². The average Bonchev–Trinajstić information content (AvgIpc) is 2.46. The summed E-state index contributed by atoms with van der Waals surface area (Å²) in [4.78, 5) is 20.4. The molecule has 9 heteroatoms. The van der Waals surface area contributed by atoms with Gasteiger partial charge in [0.05, 0.1) is 32.8 Å². The number of Topliss-reactive ketones (excluding diaryl/α,β-unsaturated/α-hetero) is 1. The fraction of sp³-hybridized carbons (Fsp3) is 0.846. The number of aliphatic carboxylic acids is 1. The Morgan fingerprint density at radius 2 is 1.32 bits per heavy atom. The molecule has 0 atom stereocenters. The molecule has 0 fully saturated rings. The maximum atomic E-state index is 10.4. The normalized spacial score (nSPS) is 9.95. The van der Waals surface area contributed by atoms with Crippen molar-refractivity contribution in [2.75, 3.05) is 50.4 Å². The summed E-state index contributed by atoms with van der Waals surface area (Å²) in [7, 11) is 6.91. The molecule has 5 nitrogen and oxygen atoms in total. The third-order valence-corrected chi connectivity index (χ3v) is 5.47. The van der Waals surface area contributed by atoms with E-state index < -0.39 is 5.97 Å². The smallest absolute Gasteiger partial charge is 0.305 e. The lowest BCUT2D eigenvalue weighted by atomic mass is 10.3. The van der Waals surface area contributed by atoms with E-state index in [1.807, 2.05) is 12.5 Å². The van der Waals surface area contributed by atoms with E-state index in [-0.39, 0.29) is 12.2 Å². The van der Waals surface area contributed by atoms with Crippen molar-refractivity contribution in [2.45, 2.75) is 19.8 Å². The lowest BCUT2D eigenvalue weighted by Crippen LogP contribution is -2.04. The Morgan fingerprint density at radius 3 is 1.68 bits per heavy atom. The zero-order valence-corrected chi connectivity index (χ0v) is 16.6. The van der Waals surface area contributed by atoms with Crippen LogP contribution in [0.1, 0.15) is 19.8 Å². The zero-order chi connectivity index (χ0) is 17.1. The Bertz CT molecular complexity index is 241. The van der Waals surface area contributed by atoms with Crippen LogP contribution in [-0.4, -0.2) is 67.3 Å². The minimum absolute atomic E-state index is 0.101. The van der Waals surface area contributed by atoms with Crippen LogP contribution in [0, 0.1) is 0 Å². The number of hydrogen-bond donors (Lipinski definition) is 1. The van der Waals surface area contributed by atoms with Crippen LogP contribution in [0.2, 0.25) is 0 Å². The van der Waals surface area contributed by atoms with E-state index in [9.17, 15) is 9.59 Å². The molecule has 0 amide bonds. The van der Waals surface area contributed by atoms with Crippen molar-refractivity contribution in [3.8, 4) is 0 Å². The zero-order valence-electron chi connectivity index (χ0n) is 13.4. The standard InChI is InChI=1S/C7H14O2S2.C6H12O3S2/c1-7(8)3-4-9-5-6-11-10-2;1-10-11-5-4-9-3-2-6(7)8/h3-6H2,1-2H3;2-5H2,1H3,(H,7,8). The number of rotatable bonds is 14. The number of carbonyl (C=O) groups excluding carboxylic acids is 1.